The van der Waals surface area contributed by atoms with Crippen molar-refractivity contribution < 1.29 is 8.42 Å². The number of fused-ring (bicyclic) bond motifs is 1. The molecule has 0 saturated heterocycles. The van der Waals surface area contributed by atoms with Gasteiger partial charge in [0, 0.05) is 35.7 Å². The summed E-state index contributed by atoms with van der Waals surface area (Å²) in [5, 5.41) is 2.16. The van der Waals surface area contributed by atoms with Gasteiger partial charge in [-0.1, -0.05) is 0 Å². The number of benzene rings is 1. The standard InChI is InChI=1S/C18H25N3O2S2/c1-13-12-15-8-11-24-18(15)14(2)21(13)10-3-9-20-25(22,23)17-6-4-16(19)5-7-17/h4-8,11,13-14,20H,3,9-10,12,19H2,1-2H3/t13-,14+/m1/s1. The molecular weight excluding hydrogens is 354 g/mol. The summed E-state index contributed by atoms with van der Waals surface area (Å²) < 4.78 is 27.3. The van der Waals surface area contributed by atoms with Crippen LogP contribution in [0.5, 0.6) is 0 Å². The highest BCUT2D eigenvalue weighted by Crippen LogP contribution is 2.36. The van der Waals surface area contributed by atoms with Crippen LogP contribution in [0.15, 0.2) is 40.6 Å². The molecule has 3 N–H and O–H groups in total. The maximum absolute atomic E-state index is 12.3. The van der Waals surface area contributed by atoms with E-state index >= 15 is 0 Å². The number of hydrogen-bond acceptors (Lipinski definition) is 5. The molecule has 5 nitrogen and oxygen atoms in total. The second-order valence-electron chi connectivity index (χ2n) is 6.60. The van der Waals surface area contributed by atoms with Gasteiger partial charge in [0.25, 0.3) is 0 Å². The van der Waals surface area contributed by atoms with E-state index in [1.165, 1.54) is 22.6 Å². The molecule has 1 aromatic carbocycles. The van der Waals surface area contributed by atoms with Gasteiger partial charge < -0.3 is 5.73 Å². The van der Waals surface area contributed by atoms with Gasteiger partial charge in [0.15, 0.2) is 0 Å². The first-order chi connectivity index (χ1) is 11.9. The van der Waals surface area contributed by atoms with Crippen molar-refractivity contribution in [3.8, 4) is 0 Å². The smallest absolute Gasteiger partial charge is 0.240 e. The molecule has 3 rings (SSSR count). The number of nitrogens with two attached hydrogens (primary N) is 1. The first-order valence-corrected chi connectivity index (χ1v) is 10.9. The molecule has 2 aromatic rings. The van der Waals surface area contributed by atoms with Crippen molar-refractivity contribution in [1.29, 1.82) is 0 Å². The molecule has 0 saturated carbocycles. The summed E-state index contributed by atoms with van der Waals surface area (Å²) in [5.74, 6) is 0. The number of nitrogen functional groups attached to an aromatic ring is 1. The fourth-order valence-corrected chi connectivity index (χ4v) is 5.55. The van der Waals surface area contributed by atoms with Crippen molar-refractivity contribution in [1.82, 2.24) is 9.62 Å². The predicted octanol–water partition coefficient (Wildman–Crippen LogP) is 3.01. The molecule has 0 amide bonds. The fraction of sp³-hybridized carbons (Fsp3) is 0.444. The Labute approximate surface area is 153 Å². The highest BCUT2D eigenvalue weighted by atomic mass is 32.2. The number of thiophene rings is 1. The van der Waals surface area contributed by atoms with Crippen LogP contribution in [0.25, 0.3) is 0 Å². The van der Waals surface area contributed by atoms with Crippen LogP contribution in [0, 0.1) is 0 Å². The van der Waals surface area contributed by atoms with E-state index in [2.05, 4.69) is 34.9 Å². The molecule has 2 heterocycles. The van der Waals surface area contributed by atoms with Gasteiger partial charge in [0.1, 0.15) is 0 Å². The first-order valence-electron chi connectivity index (χ1n) is 8.55. The number of anilines is 1. The van der Waals surface area contributed by atoms with Crippen molar-refractivity contribution in [2.75, 3.05) is 18.8 Å². The van der Waals surface area contributed by atoms with Crippen molar-refractivity contribution in [2.45, 2.75) is 43.7 Å². The molecule has 1 aliphatic rings. The minimum atomic E-state index is -3.47. The monoisotopic (exact) mass is 379 g/mol. The molecule has 0 spiro atoms. The summed E-state index contributed by atoms with van der Waals surface area (Å²) in [7, 11) is -3.47. The fourth-order valence-electron chi connectivity index (χ4n) is 3.46. The van der Waals surface area contributed by atoms with E-state index in [1.807, 2.05) is 11.3 Å². The van der Waals surface area contributed by atoms with Crippen LogP contribution in [0.3, 0.4) is 0 Å². The minimum Gasteiger partial charge on any atom is -0.399 e. The lowest BCUT2D eigenvalue weighted by Gasteiger charge is -2.38. The molecule has 0 bridgehead atoms. The van der Waals surface area contributed by atoms with Gasteiger partial charge in [-0.05, 0) is 68.0 Å². The minimum absolute atomic E-state index is 0.254. The maximum atomic E-state index is 12.3. The second kappa shape index (κ2) is 7.45. The molecule has 1 aromatic heterocycles. The van der Waals surface area contributed by atoms with Crippen LogP contribution in [0.1, 0.15) is 36.8 Å². The largest absolute Gasteiger partial charge is 0.399 e. The first kappa shape index (κ1) is 18.4. The molecule has 0 fully saturated rings. The highest BCUT2D eigenvalue weighted by molar-refractivity contribution is 7.89. The van der Waals surface area contributed by atoms with Crippen molar-refractivity contribution >= 4 is 27.0 Å². The lowest BCUT2D eigenvalue weighted by molar-refractivity contribution is 0.140. The molecule has 1 aliphatic heterocycles. The van der Waals surface area contributed by atoms with E-state index < -0.39 is 10.0 Å². The van der Waals surface area contributed by atoms with E-state index in [4.69, 9.17) is 5.73 Å². The Morgan fingerprint density at radius 2 is 1.96 bits per heavy atom. The Morgan fingerprint density at radius 3 is 2.68 bits per heavy atom. The number of nitrogens with zero attached hydrogens (tertiary/aromatic N) is 1. The van der Waals surface area contributed by atoms with Gasteiger partial charge in [0.2, 0.25) is 10.0 Å². The lowest BCUT2D eigenvalue weighted by atomic mass is 9.96. The van der Waals surface area contributed by atoms with E-state index in [0.717, 1.165) is 19.4 Å². The molecule has 2 atom stereocenters. The van der Waals surface area contributed by atoms with Crippen LogP contribution in [-0.2, 0) is 16.4 Å². The zero-order valence-corrected chi connectivity index (χ0v) is 16.2. The molecule has 0 aliphatic carbocycles. The van der Waals surface area contributed by atoms with Crippen molar-refractivity contribution in [2.24, 2.45) is 0 Å². The zero-order valence-electron chi connectivity index (χ0n) is 14.6. The molecule has 0 radical (unpaired) electrons. The quantitative estimate of drug-likeness (QED) is 0.598. The second-order valence-corrected chi connectivity index (χ2v) is 9.31. The summed E-state index contributed by atoms with van der Waals surface area (Å²) >= 11 is 1.82. The highest BCUT2D eigenvalue weighted by Gasteiger charge is 2.29. The summed E-state index contributed by atoms with van der Waals surface area (Å²) in [6.07, 6.45) is 1.85. The normalized spacial score (nSPS) is 21.2. The van der Waals surface area contributed by atoms with Gasteiger partial charge in [-0.3, -0.25) is 4.90 Å². The Morgan fingerprint density at radius 1 is 1.24 bits per heavy atom. The van der Waals surface area contributed by atoms with Crippen LogP contribution in [-0.4, -0.2) is 32.4 Å². The summed E-state index contributed by atoms with van der Waals surface area (Å²) in [4.78, 5) is 4.17. The van der Waals surface area contributed by atoms with Crippen molar-refractivity contribution in [3.05, 3.63) is 46.2 Å². The average Bonchev–Trinajstić information content (AvgIpc) is 3.02. The summed E-state index contributed by atoms with van der Waals surface area (Å²) in [6, 6.07) is 9.37. The molecule has 0 unspecified atom stereocenters. The topological polar surface area (TPSA) is 75.4 Å². The van der Waals surface area contributed by atoms with Crippen LogP contribution >= 0.6 is 11.3 Å². The van der Waals surface area contributed by atoms with E-state index in [0.29, 0.717) is 24.3 Å². The SMILES string of the molecule is C[C@@H]1Cc2ccsc2[C@H](C)N1CCCNS(=O)(=O)c1ccc(N)cc1. The van der Waals surface area contributed by atoms with Gasteiger partial charge in [-0.15, -0.1) is 11.3 Å². The third-order valence-electron chi connectivity index (χ3n) is 4.81. The van der Waals surface area contributed by atoms with E-state index in [1.54, 1.807) is 12.1 Å². The lowest BCUT2D eigenvalue weighted by Crippen LogP contribution is -2.41. The van der Waals surface area contributed by atoms with Crippen LogP contribution in [0.2, 0.25) is 0 Å². The average molecular weight is 380 g/mol. The summed E-state index contributed by atoms with van der Waals surface area (Å²) in [5.41, 5.74) is 7.63. The number of hydrogen-bond donors (Lipinski definition) is 2. The third-order valence-corrected chi connectivity index (χ3v) is 7.42. The zero-order chi connectivity index (χ0) is 18.0. The molecular formula is C18H25N3O2S2. The van der Waals surface area contributed by atoms with Gasteiger partial charge >= 0.3 is 0 Å². The van der Waals surface area contributed by atoms with Crippen molar-refractivity contribution in [3.63, 3.8) is 0 Å². The van der Waals surface area contributed by atoms with Crippen LogP contribution < -0.4 is 10.5 Å². The predicted molar refractivity (Wildman–Crippen MR) is 103 cm³/mol. The Kier molecular flexibility index (Phi) is 5.48. The van der Waals surface area contributed by atoms with Gasteiger partial charge in [-0.2, -0.15) is 0 Å². The van der Waals surface area contributed by atoms with E-state index in [9.17, 15) is 8.42 Å². The number of sulfonamides is 1. The Balaban J connectivity index is 1.54. The summed E-state index contributed by atoms with van der Waals surface area (Å²) in [6.45, 7) is 5.79. The molecule has 25 heavy (non-hydrogen) atoms. The number of rotatable bonds is 6. The van der Waals surface area contributed by atoms with Gasteiger partial charge in [0.05, 0.1) is 4.90 Å². The van der Waals surface area contributed by atoms with Crippen LogP contribution in [0.4, 0.5) is 5.69 Å². The molecule has 7 heteroatoms. The van der Waals surface area contributed by atoms with Gasteiger partial charge in [-0.25, -0.2) is 13.1 Å². The Hall–Kier alpha value is -1.41. The number of nitrogens with one attached hydrogen (secondary N) is 1. The van der Waals surface area contributed by atoms with E-state index in [-0.39, 0.29) is 4.90 Å². The molecule has 136 valence electrons. The Bertz CT molecular complexity index is 815. The maximum Gasteiger partial charge on any atom is 0.240 e. The third kappa shape index (κ3) is 4.06.